The number of hydrogen-bond donors (Lipinski definition) is 3. The van der Waals surface area contributed by atoms with E-state index in [2.05, 4.69) is 20.9 Å². The average Bonchev–Trinajstić information content (AvgIpc) is 2.96. The normalized spacial score (nSPS) is 16.1. The molecule has 1 atom stereocenters. The molecule has 3 N–H and O–H groups in total. The van der Waals surface area contributed by atoms with Gasteiger partial charge in [-0.15, -0.1) is 0 Å². The number of nitrogens with one attached hydrogen (secondary N) is 2. The number of amides is 1. The average molecular weight is 430 g/mol. The smallest absolute Gasteiger partial charge is 0.335 e. The number of carbonyl (C=O) groups excluding carboxylic acids is 1. The molecule has 0 saturated carbocycles. The van der Waals surface area contributed by atoms with Crippen molar-refractivity contribution in [1.29, 1.82) is 0 Å². The summed E-state index contributed by atoms with van der Waals surface area (Å²) in [6.07, 6.45) is 1.42. The fraction of sp³-hybridized carbons (Fsp3) is 0.105. The van der Waals surface area contributed by atoms with Gasteiger partial charge in [-0.2, -0.15) is 15.2 Å². The van der Waals surface area contributed by atoms with Gasteiger partial charge >= 0.3 is 5.97 Å². The molecule has 29 heavy (non-hydrogen) atoms. The molecule has 1 aliphatic rings. The molecule has 8 nitrogen and oxygen atoms in total. The molecule has 0 spiro atoms. The van der Waals surface area contributed by atoms with Crippen molar-refractivity contribution in [3.63, 3.8) is 0 Å². The van der Waals surface area contributed by atoms with E-state index in [1.807, 2.05) is 0 Å². The highest BCUT2D eigenvalue weighted by molar-refractivity contribution is 7.80. The van der Waals surface area contributed by atoms with Gasteiger partial charge in [-0.1, -0.05) is 17.7 Å². The van der Waals surface area contributed by atoms with Gasteiger partial charge in [0.05, 0.1) is 17.0 Å². The second-order valence-corrected chi connectivity index (χ2v) is 6.92. The molecular weight excluding hydrogens is 414 g/mol. The Morgan fingerprint density at radius 2 is 2.03 bits per heavy atom. The van der Waals surface area contributed by atoms with Crippen LogP contribution < -0.4 is 15.8 Å². The molecule has 1 unspecified atom stereocenters. The largest absolute Gasteiger partial charge is 0.478 e. The maximum absolute atomic E-state index is 12.6. The highest BCUT2D eigenvalue weighted by Crippen LogP contribution is 2.25. The lowest BCUT2D eigenvalue weighted by Gasteiger charge is -2.13. The predicted molar refractivity (Wildman–Crippen MR) is 117 cm³/mol. The van der Waals surface area contributed by atoms with Crippen LogP contribution in [-0.4, -0.2) is 34.0 Å². The fourth-order valence-corrected chi connectivity index (χ4v) is 2.92. The maximum atomic E-state index is 12.6. The summed E-state index contributed by atoms with van der Waals surface area (Å²) in [5.74, 6) is -1.88. The van der Waals surface area contributed by atoms with Gasteiger partial charge in [-0.05, 0) is 61.6 Å². The van der Waals surface area contributed by atoms with E-state index in [0.717, 1.165) is 0 Å². The van der Waals surface area contributed by atoms with E-state index in [-0.39, 0.29) is 16.6 Å². The highest BCUT2D eigenvalue weighted by Gasteiger charge is 2.33. The van der Waals surface area contributed by atoms with Crippen LogP contribution >= 0.6 is 23.8 Å². The molecule has 2 aromatic rings. The molecule has 0 aliphatic carbocycles. The monoisotopic (exact) mass is 429 g/mol. The molecule has 2 aromatic carbocycles. The van der Waals surface area contributed by atoms with Crippen molar-refractivity contribution in [2.24, 2.45) is 16.1 Å². The van der Waals surface area contributed by atoms with Crippen LogP contribution in [0.1, 0.15) is 17.3 Å². The first kappa shape index (κ1) is 20.4. The van der Waals surface area contributed by atoms with E-state index in [0.29, 0.717) is 22.1 Å². The van der Waals surface area contributed by atoms with Crippen molar-refractivity contribution >= 4 is 64.1 Å². The fourth-order valence-electron chi connectivity index (χ4n) is 2.57. The molecule has 0 saturated heterocycles. The Morgan fingerprint density at radius 1 is 1.31 bits per heavy atom. The van der Waals surface area contributed by atoms with Gasteiger partial charge in [-0.3, -0.25) is 10.2 Å². The minimum Gasteiger partial charge on any atom is -0.478 e. The van der Waals surface area contributed by atoms with Crippen LogP contribution in [0.4, 0.5) is 11.4 Å². The summed E-state index contributed by atoms with van der Waals surface area (Å²) >= 11 is 11.1. The summed E-state index contributed by atoms with van der Waals surface area (Å²) < 4.78 is 0. The number of aromatic carboxylic acids is 1. The van der Waals surface area contributed by atoms with E-state index < -0.39 is 11.9 Å². The van der Waals surface area contributed by atoms with Crippen LogP contribution in [0, 0.1) is 5.92 Å². The van der Waals surface area contributed by atoms with Crippen molar-refractivity contribution in [2.45, 2.75) is 6.92 Å². The first-order chi connectivity index (χ1) is 13.8. The Bertz CT molecular complexity index is 1020. The van der Waals surface area contributed by atoms with Crippen LogP contribution in [0.3, 0.4) is 0 Å². The summed E-state index contributed by atoms with van der Waals surface area (Å²) in [4.78, 5) is 23.5. The van der Waals surface area contributed by atoms with Crippen LogP contribution in [0.25, 0.3) is 0 Å². The van der Waals surface area contributed by atoms with Gasteiger partial charge in [0.2, 0.25) is 0 Å². The molecule has 3 rings (SSSR count). The Hall–Kier alpha value is -3.30. The van der Waals surface area contributed by atoms with E-state index in [1.54, 1.807) is 43.3 Å². The quantitative estimate of drug-likeness (QED) is 0.382. The summed E-state index contributed by atoms with van der Waals surface area (Å²) in [5.41, 5.74) is 4.56. The number of thiocarbonyl (C=S) groups is 1. The van der Waals surface area contributed by atoms with Gasteiger partial charge in [0.15, 0.2) is 5.11 Å². The molecule has 0 bridgehead atoms. The molecule has 0 aromatic heterocycles. The van der Waals surface area contributed by atoms with Gasteiger partial charge in [0, 0.05) is 16.9 Å². The second kappa shape index (κ2) is 8.80. The number of halogens is 1. The first-order valence-corrected chi connectivity index (χ1v) is 9.22. The van der Waals surface area contributed by atoms with Crippen LogP contribution in [0.5, 0.6) is 0 Å². The molecule has 1 heterocycles. The Labute approximate surface area is 176 Å². The Morgan fingerprint density at radius 3 is 2.69 bits per heavy atom. The molecule has 1 amide bonds. The highest BCUT2D eigenvalue weighted by atomic mass is 35.5. The third-order valence-corrected chi connectivity index (χ3v) is 4.44. The van der Waals surface area contributed by atoms with Crippen molar-refractivity contribution < 1.29 is 14.7 Å². The van der Waals surface area contributed by atoms with Crippen LogP contribution in [0.15, 0.2) is 58.7 Å². The SMILES string of the molecule is CC1=NN(c2cccc(Cl)c2)C(=O)C1/C=N/NC(=S)Nc1ccc(C(=O)O)cc1. The van der Waals surface area contributed by atoms with Gasteiger partial charge < -0.3 is 10.4 Å². The Kier molecular flexibility index (Phi) is 6.20. The van der Waals surface area contributed by atoms with Gasteiger partial charge in [0.25, 0.3) is 5.91 Å². The summed E-state index contributed by atoms with van der Waals surface area (Å²) in [7, 11) is 0. The molecule has 0 fully saturated rings. The maximum Gasteiger partial charge on any atom is 0.335 e. The standard InChI is InChI=1S/C19H16ClN5O3S/c1-11-16(17(26)25(24-11)15-4-2-3-13(20)9-15)10-21-23-19(29)22-14-7-5-12(6-8-14)18(27)28/h2-10,16H,1H3,(H,27,28)(H2,22,23,29)/b21-10+. The van der Waals surface area contributed by atoms with Gasteiger partial charge in [0.1, 0.15) is 5.92 Å². The van der Waals surface area contributed by atoms with E-state index in [1.165, 1.54) is 23.4 Å². The lowest BCUT2D eigenvalue weighted by atomic mass is 10.1. The number of nitrogens with zero attached hydrogens (tertiary/aromatic N) is 3. The zero-order valence-electron chi connectivity index (χ0n) is 15.2. The van der Waals surface area contributed by atoms with E-state index in [9.17, 15) is 9.59 Å². The molecular formula is C19H16ClN5O3S. The minimum absolute atomic E-state index is 0.172. The molecule has 10 heteroatoms. The van der Waals surface area contributed by atoms with Crippen molar-refractivity contribution in [3.05, 3.63) is 59.1 Å². The van der Waals surface area contributed by atoms with E-state index in [4.69, 9.17) is 28.9 Å². The number of carbonyl (C=O) groups is 2. The number of hydrazone groups is 2. The zero-order valence-corrected chi connectivity index (χ0v) is 16.7. The Balaban J connectivity index is 1.58. The second-order valence-electron chi connectivity index (χ2n) is 6.08. The van der Waals surface area contributed by atoms with Crippen molar-refractivity contribution in [1.82, 2.24) is 5.43 Å². The number of hydrogen-bond acceptors (Lipinski definition) is 5. The first-order valence-electron chi connectivity index (χ1n) is 8.43. The minimum atomic E-state index is -1.01. The third-order valence-electron chi connectivity index (χ3n) is 4.01. The molecule has 148 valence electrons. The van der Waals surface area contributed by atoms with E-state index >= 15 is 0 Å². The van der Waals surface area contributed by atoms with Crippen molar-refractivity contribution in [3.8, 4) is 0 Å². The predicted octanol–water partition coefficient (Wildman–Crippen LogP) is 3.35. The number of carboxylic acids is 1. The van der Waals surface area contributed by atoms with Crippen molar-refractivity contribution in [2.75, 3.05) is 10.3 Å². The number of benzene rings is 2. The molecule has 1 aliphatic heterocycles. The van der Waals surface area contributed by atoms with Gasteiger partial charge in [-0.25, -0.2) is 4.79 Å². The molecule has 0 radical (unpaired) electrons. The summed E-state index contributed by atoms with van der Waals surface area (Å²) in [6.45, 7) is 1.74. The zero-order chi connectivity index (χ0) is 21.0. The lowest BCUT2D eigenvalue weighted by molar-refractivity contribution is -0.118. The number of anilines is 2. The number of rotatable bonds is 5. The summed E-state index contributed by atoms with van der Waals surface area (Å²) in [5, 5.41) is 22.1. The summed E-state index contributed by atoms with van der Waals surface area (Å²) in [6, 6.07) is 12.9. The topological polar surface area (TPSA) is 106 Å². The van der Waals surface area contributed by atoms with Crippen LogP contribution in [0.2, 0.25) is 5.02 Å². The lowest BCUT2D eigenvalue weighted by Crippen LogP contribution is -2.30. The third kappa shape index (κ3) is 4.95. The number of carboxylic acid groups (broad SMARTS) is 1. The van der Waals surface area contributed by atoms with Crippen LogP contribution in [-0.2, 0) is 4.79 Å².